The van der Waals surface area contributed by atoms with Gasteiger partial charge >= 0.3 is 0 Å². The molecule has 2 amide bonds. The third-order valence-corrected chi connectivity index (χ3v) is 10.1. The summed E-state index contributed by atoms with van der Waals surface area (Å²) in [6.45, 7) is 1.31. The average Bonchev–Trinajstić information content (AvgIpc) is 3.51. The molecule has 6 heteroatoms. The summed E-state index contributed by atoms with van der Waals surface area (Å²) in [6.07, 6.45) is 8.86. The van der Waals surface area contributed by atoms with Gasteiger partial charge in [0.15, 0.2) is 0 Å². The standard InChI is InChI=1S/C37H35N3O3/c1-43-29-16-13-26(14-17-29)15-18-34(41)40-24-33-36(28-9-3-2-4-10-28)20-19-32(30-11-5-6-12-31(30)36)37(33,25-40)35(42)39-23-27-8-7-21-38-22-27/h2-18,21-22,32-33H,19-20,23-25H2,1H3,(H,39,42)/t32-,33+,36-,37+/m1/s1. The van der Waals surface area contributed by atoms with Crippen molar-refractivity contribution in [2.24, 2.45) is 11.3 Å². The number of hydrogen-bond donors (Lipinski definition) is 1. The van der Waals surface area contributed by atoms with E-state index in [-0.39, 0.29) is 29.1 Å². The maximum absolute atomic E-state index is 14.7. The molecule has 4 atom stereocenters. The van der Waals surface area contributed by atoms with Gasteiger partial charge in [0.1, 0.15) is 5.75 Å². The minimum atomic E-state index is -0.756. The van der Waals surface area contributed by atoms with E-state index in [0.29, 0.717) is 19.6 Å². The highest BCUT2D eigenvalue weighted by Gasteiger charge is 2.70. The molecule has 216 valence electrons. The summed E-state index contributed by atoms with van der Waals surface area (Å²) in [4.78, 5) is 34.7. The van der Waals surface area contributed by atoms with Crippen molar-refractivity contribution in [2.75, 3.05) is 20.2 Å². The van der Waals surface area contributed by atoms with Crippen LogP contribution in [0, 0.1) is 11.3 Å². The molecule has 2 bridgehead atoms. The first kappa shape index (κ1) is 27.1. The third-order valence-electron chi connectivity index (χ3n) is 10.1. The number of fused-ring (bicyclic) bond motifs is 1. The van der Waals surface area contributed by atoms with Crippen LogP contribution in [-0.2, 0) is 21.5 Å². The van der Waals surface area contributed by atoms with Gasteiger partial charge < -0.3 is 15.0 Å². The second kappa shape index (κ2) is 10.8. The molecule has 1 saturated carbocycles. The number of aromatic nitrogens is 1. The minimum Gasteiger partial charge on any atom is -0.497 e. The zero-order chi connectivity index (χ0) is 29.4. The molecule has 0 spiro atoms. The number of likely N-dealkylation sites (tertiary alicyclic amines) is 1. The molecule has 2 heterocycles. The number of carbonyl (C=O) groups is 2. The molecule has 2 fully saturated rings. The highest BCUT2D eigenvalue weighted by molar-refractivity contribution is 5.94. The van der Waals surface area contributed by atoms with E-state index in [9.17, 15) is 9.59 Å². The number of rotatable bonds is 7. The Labute approximate surface area is 252 Å². The van der Waals surface area contributed by atoms with E-state index in [0.717, 1.165) is 29.7 Å². The van der Waals surface area contributed by atoms with Crippen molar-refractivity contribution >= 4 is 17.9 Å². The monoisotopic (exact) mass is 569 g/mol. The number of carbonyl (C=O) groups excluding carboxylic acids is 2. The number of amides is 2. The van der Waals surface area contributed by atoms with Gasteiger partial charge in [-0.2, -0.15) is 0 Å². The summed E-state index contributed by atoms with van der Waals surface area (Å²) < 4.78 is 5.27. The fraction of sp³-hybridized carbons (Fsp3) is 0.270. The second-order valence-electron chi connectivity index (χ2n) is 12.0. The van der Waals surface area contributed by atoms with Crippen molar-refractivity contribution in [3.05, 3.63) is 137 Å². The number of nitrogens with zero attached hydrogens (tertiary/aromatic N) is 2. The zero-order valence-electron chi connectivity index (χ0n) is 24.3. The van der Waals surface area contributed by atoms with Crippen LogP contribution >= 0.6 is 0 Å². The van der Waals surface area contributed by atoms with E-state index in [1.165, 1.54) is 16.7 Å². The van der Waals surface area contributed by atoms with Crippen LogP contribution in [0.3, 0.4) is 0 Å². The Morgan fingerprint density at radius 2 is 1.79 bits per heavy atom. The number of benzene rings is 3. The van der Waals surface area contributed by atoms with Crippen LogP contribution in [0.15, 0.2) is 109 Å². The number of ether oxygens (including phenoxy) is 1. The van der Waals surface area contributed by atoms with Gasteiger partial charge in [-0.05, 0) is 64.9 Å². The van der Waals surface area contributed by atoms with Gasteiger partial charge in [-0.25, -0.2) is 0 Å². The van der Waals surface area contributed by atoms with Gasteiger partial charge in [0.25, 0.3) is 0 Å². The van der Waals surface area contributed by atoms with E-state index >= 15 is 0 Å². The molecule has 1 aromatic heterocycles. The number of methoxy groups -OCH3 is 1. The Morgan fingerprint density at radius 1 is 1.00 bits per heavy atom. The van der Waals surface area contributed by atoms with Gasteiger partial charge in [0, 0.05) is 55.4 Å². The first-order chi connectivity index (χ1) is 21.1. The molecule has 3 aromatic carbocycles. The van der Waals surface area contributed by atoms with Crippen LogP contribution in [0.25, 0.3) is 6.08 Å². The summed E-state index contributed by atoms with van der Waals surface area (Å²) in [7, 11) is 1.64. The van der Waals surface area contributed by atoms with Gasteiger partial charge in [0.2, 0.25) is 11.8 Å². The van der Waals surface area contributed by atoms with Crippen molar-refractivity contribution in [3.8, 4) is 5.75 Å². The largest absolute Gasteiger partial charge is 0.497 e. The summed E-state index contributed by atoms with van der Waals surface area (Å²) >= 11 is 0. The van der Waals surface area contributed by atoms with E-state index in [4.69, 9.17) is 4.74 Å². The molecule has 4 aliphatic rings. The summed E-state index contributed by atoms with van der Waals surface area (Å²) in [5, 5.41) is 3.30. The van der Waals surface area contributed by atoms with Gasteiger partial charge in [-0.15, -0.1) is 0 Å². The first-order valence-electron chi connectivity index (χ1n) is 15.0. The lowest BCUT2D eigenvalue weighted by Crippen LogP contribution is -2.62. The highest BCUT2D eigenvalue weighted by atomic mass is 16.5. The van der Waals surface area contributed by atoms with E-state index < -0.39 is 5.41 Å². The SMILES string of the molecule is COc1ccc(C=CC(=O)N2C[C@H]3[C@@]4(c5ccccc5)CC[C@H](c5ccccc54)[C@@]3(C(=O)NCc3cccnc3)C2)cc1. The van der Waals surface area contributed by atoms with Crippen molar-refractivity contribution in [1.82, 2.24) is 15.2 Å². The van der Waals surface area contributed by atoms with Gasteiger partial charge in [-0.1, -0.05) is 72.8 Å². The van der Waals surface area contributed by atoms with Gasteiger partial charge in [-0.3, -0.25) is 14.6 Å². The van der Waals surface area contributed by atoms with E-state index in [2.05, 4.69) is 58.8 Å². The Balaban J connectivity index is 1.30. The molecule has 43 heavy (non-hydrogen) atoms. The highest BCUT2D eigenvalue weighted by Crippen LogP contribution is 2.68. The third kappa shape index (κ3) is 4.35. The molecule has 1 aliphatic heterocycles. The Bertz CT molecular complexity index is 1670. The zero-order valence-corrected chi connectivity index (χ0v) is 24.3. The van der Waals surface area contributed by atoms with Crippen LogP contribution in [0.5, 0.6) is 5.75 Å². The van der Waals surface area contributed by atoms with Crippen LogP contribution in [-0.4, -0.2) is 41.9 Å². The minimum absolute atomic E-state index is 0.0234. The summed E-state index contributed by atoms with van der Waals surface area (Å²) in [6, 6.07) is 30.8. The molecule has 1 N–H and O–H groups in total. The molecule has 3 aliphatic carbocycles. The van der Waals surface area contributed by atoms with Crippen LogP contribution in [0.2, 0.25) is 0 Å². The fourth-order valence-corrected chi connectivity index (χ4v) is 8.22. The van der Waals surface area contributed by atoms with E-state index in [1.54, 1.807) is 25.6 Å². The first-order valence-corrected chi connectivity index (χ1v) is 15.0. The van der Waals surface area contributed by atoms with Crippen LogP contribution < -0.4 is 10.1 Å². The lowest BCUT2D eigenvalue weighted by Gasteiger charge is -2.60. The molecular weight excluding hydrogens is 534 g/mol. The van der Waals surface area contributed by atoms with E-state index in [1.807, 2.05) is 53.4 Å². The van der Waals surface area contributed by atoms with Crippen molar-refractivity contribution in [2.45, 2.75) is 30.7 Å². The average molecular weight is 570 g/mol. The van der Waals surface area contributed by atoms with Crippen molar-refractivity contribution < 1.29 is 14.3 Å². The Hall–Kier alpha value is -4.71. The Kier molecular flexibility index (Phi) is 6.85. The number of pyridine rings is 1. The van der Waals surface area contributed by atoms with Crippen molar-refractivity contribution in [1.29, 1.82) is 0 Å². The quantitative estimate of drug-likeness (QED) is 0.288. The van der Waals surface area contributed by atoms with Crippen molar-refractivity contribution in [3.63, 3.8) is 0 Å². The Morgan fingerprint density at radius 3 is 2.56 bits per heavy atom. The molecule has 1 saturated heterocycles. The number of hydrogen-bond acceptors (Lipinski definition) is 4. The smallest absolute Gasteiger partial charge is 0.246 e. The maximum Gasteiger partial charge on any atom is 0.246 e. The van der Waals surface area contributed by atoms with Crippen LogP contribution in [0.4, 0.5) is 0 Å². The second-order valence-corrected chi connectivity index (χ2v) is 12.0. The topological polar surface area (TPSA) is 71.5 Å². The van der Waals surface area contributed by atoms with Crippen LogP contribution in [0.1, 0.15) is 46.6 Å². The molecular formula is C37H35N3O3. The predicted molar refractivity (Wildman–Crippen MR) is 166 cm³/mol. The molecule has 0 radical (unpaired) electrons. The molecule has 8 rings (SSSR count). The fourth-order valence-electron chi connectivity index (χ4n) is 8.22. The normalized spacial score (nSPS) is 25.3. The number of nitrogens with one attached hydrogen (secondary N) is 1. The lowest BCUT2D eigenvalue weighted by molar-refractivity contribution is -0.139. The summed E-state index contributed by atoms with van der Waals surface area (Å²) in [5.74, 6) is 0.680. The maximum atomic E-state index is 14.7. The molecule has 0 unspecified atom stereocenters. The molecule has 6 nitrogen and oxygen atoms in total. The summed E-state index contributed by atoms with van der Waals surface area (Å²) in [5.41, 5.74) is 4.52. The molecule has 4 aromatic rings. The lowest BCUT2D eigenvalue weighted by atomic mass is 9.42. The van der Waals surface area contributed by atoms with Gasteiger partial charge in [0.05, 0.1) is 12.5 Å². The predicted octanol–water partition coefficient (Wildman–Crippen LogP) is 5.74.